The molecule has 2 aromatic rings. The van der Waals surface area contributed by atoms with Gasteiger partial charge in [-0.05, 0) is 60.5 Å². The first-order valence-electron chi connectivity index (χ1n) is 7.42. The van der Waals surface area contributed by atoms with Crippen LogP contribution in [0.3, 0.4) is 0 Å². The van der Waals surface area contributed by atoms with Crippen LogP contribution in [-0.4, -0.2) is 12.3 Å². The Morgan fingerprint density at radius 2 is 1.90 bits per heavy atom. The van der Waals surface area contributed by atoms with Crippen LogP contribution in [0.5, 0.6) is 0 Å². The summed E-state index contributed by atoms with van der Waals surface area (Å²) in [6.45, 7) is 0.742. The quantitative estimate of drug-likeness (QED) is 0.862. The highest BCUT2D eigenvalue weighted by atomic mass is 35.5. The zero-order chi connectivity index (χ0) is 14.7. The SMILES string of the molecule is NCC(Cc1ccc(Cl)cc1)CC1CSc2ccccc21. The Morgan fingerprint density at radius 1 is 1.14 bits per heavy atom. The molecule has 0 fully saturated rings. The van der Waals surface area contributed by atoms with Crippen molar-refractivity contribution in [3.63, 3.8) is 0 Å². The molecule has 110 valence electrons. The molecular weight excluding hydrogens is 298 g/mol. The number of rotatable bonds is 5. The van der Waals surface area contributed by atoms with Crippen molar-refractivity contribution in [3.8, 4) is 0 Å². The summed E-state index contributed by atoms with van der Waals surface area (Å²) < 4.78 is 0. The summed E-state index contributed by atoms with van der Waals surface area (Å²) in [7, 11) is 0. The smallest absolute Gasteiger partial charge is 0.0406 e. The lowest BCUT2D eigenvalue weighted by Gasteiger charge is -2.19. The molecule has 21 heavy (non-hydrogen) atoms. The first-order chi connectivity index (χ1) is 10.3. The number of hydrogen-bond donors (Lipinski definition) is 1. The lowest BCUT2D eigenvalue weighted by molar-refractivity contribution is 0.457. The van der Waals surface area contributed by atoms with Crippen LogP contribution in [0.1, 0.15) is 23.5 Å². The highest BCUT2D eigenvalue weighted by Crippen LogP contribution is 2.42. The Kier molecular flexibility index (Phi) is 4.89. The first kappa shape index (κ1) is 15.0. The van der Waals surface area contributed by atoms with Crippen molar-refractivity contribution in [2.75, 3.05) is 12.3 Å². The van der Waals surface area contributed by atoms with Gasteiger partial charge in [0.1, 0.15) is 0 Å². The molecule has 0 spiro atoms. The Labute approximate surface area is 135 Å². The average molecular weight is 318 g/mol. The number of halogens is 1. The van der Waals surface area contributed by atoms with E-state index in [1.54, 1.807) is 0 Å². The summed E-state index contributed by atoms with van der Waals surface area (Å²) >= 11 is 7.93. The van der Waals surface area contributed by atoms with Gasteiger partial charge in [0.05, 0.1) is 0 Å². The third-order valence-electron chi connectivity index (χ3n) is 4.19. The van der Waals surface area contributed by atoms with Crippen molar-refractivity contribution in [2.24, 2.45) is 11.7 Å². The second-order valence-corrected chi connectivity index (χ2v) is 7.21. The minimum atomic E-state index is 0.530. The van der Waals surface area contributed by atoms with E-state index in [0.717, 1.165) is 18.0 Å². The molecule has 0 aromatic heterocycles. The molecule has 0 aliphatic carbocycles. The molecule has 0 saturated heterocycles. The second kappa shape index (κ2) is 6.87. The number of benzene rings is 2. The molecule has 0 bridgehead atoms. The van der Waals surface area contributed by atoms with Crippen LogP contribution in [0.2, 0.25) is 5.02 Å². The van der Waals surface area contributed by atoms with Crippen LogP contribution in [-0.2, 0) is 6.42 Å². The molecule has 2 unspecified atom stereocenters. The maximum atomic E-state index is 6.02. The van der Waals surface area contributed by atoms with E-state index in [9.17, 15) is 0 Å². The fraction of sp³-hybridized carbons (Fsp3) is 0.333. The molecule has 1 aliphatic heterocycles. The van der Waals surface area contributed by atoms with Crippen molar-refractivity contribution >= 4 is 23.4 Å². The third kappa shape index (κ3) is 3.63. The predicted octanol–water partition coefficient (Wildman–Crippen LogP) is 4.74. The Balaban J connectivity index is 1.67. The van der Waals surface area contributed by atoms with E-state index in [2.05, 4.69) is 36.4 Å². The van der Waals surface area contributed by atoms with Gasteiger partial charge in [-0.15, -0.1) is 11.8 Å². The van der Waals surface area contributed by atoms with E-state index >= 15 is 0 Å². The molecule has 2 aromatic carbocycles. The van der Waals surface area contributed by atoms with E-state index in [4.69, 9.17) is 17.3 Å². The van der Waals surface area contributed by atoms with Gasteiger partial charge in [-0.1, -0.05) is 41.9 Å². The summed E-state index contributed by atoms with van der Waals surface area (Å²) in [5.41, 5.74) is 8.85. The third-order valence-corrected chi connectivity index (χ3v) is 5.69. The standard InChI is InChI=1S/C18H20ClNS/c19-16-7-5-13(6-8-16)9-14(11-20)10-15-12-21-18-4-2-1-3-17(15)18/h1-8,14-15H,9-12,20H2. The zero-order valence-corrected chi connectivity index (χ0v) is 13.5. The molecule has 0 amide bonds. The molecular formula is C18H20ClNS. The van der Waals surface area contributed by atoms with Crippen LogP contribution < -0.4 is 5.73 Å². The fourth-order valence-electron chi connectivity index (χ4n) is 3.04. The molecule has 3 rings (SSSR count). The Hall–Kier alpha value is -0.960. The maximum Gasteiger partial charge on any atom is 0.0406 e. The van der Waals surface area contributed by atoms with Crippen LogP contribution in [0.4, 0.5) is 0 Å². The van der Waals surface area contributed by atoms with E-state index in [-0.39, 0.29) is 0 Å². The van der Waals surface area contributed by atoms with Gasteiger partial charge < -0.3 is 5.73 Å². The summed E-state index contributed by atoms with van der Waals surface area (Å²) in [5, 5.41) is 0.796. The lowest BCUT2D eigenvalue weighted by Crippen LogP contribution is -2.19. The van der Waals surface area contributed by atoms with Crippen molar-refractivity contribution in [2.45, 2.75) is 23.7 Å². The molecule has 0 radical (unpaired) electrons. The van der Waals surface area contributed by atoms with E-state index in [0.29, 0.717) is 11.8 Å². The number of hydrogen-bond acceptors (Lipinski definition) is 2. The van der Waals surface area contributed by atoms with Crippen LogP contribution in [0, 0.1) is 5.92 Å². The Bertz CT molecular complexity index is 596. The molecule has 2 N–H and O–H groups in total. The molecule has 1 heterocycles. The summed E-state index contributed by atoms with van der Waals surface area (Å²) in [6.07, 6.45) is 2.21. The predicted molar refractivity (Wildman–Crippen MR) is 92.2 cm³/mol. The molecule has 3 heteroatoms. The van der Waals surface area contributed by atoms with Gasteiger partial charge >= 0.3 is 0 Å². The average Bonchev–Trinajstić information content (AvgIpc) is 2.92. The van der Waals surface area contributed by atoms with Crippen LogP contribution >= 0.6 is 23.4 Å². The topological polar surface area (TPSA) is 26.0 Å². The van der Waals surface area contributed by atoms with Crippen molar-refractivity contribution in [1.82, 2.24) is 0 Å². The highest BCUT2D eigenvalue weighted by molar-refractivity contribution is 7.99. The highest BCUT2D eigenvalue weighted by Gasteiger charge is 2.25. The van der Waals surface area contributed by atoms with Gasteiger partial charge in [-0.3, -0.25) is 0 Å². The monoisotopic (exact) mass is 317 g/mol. The van der Waals surface area contributed by atoms with Gasteiger partial charge in [0.25, 0.3) is 0 Å². The fourth-order valence-corrected chi connectivity index (χ4v) is 4.44. The van der Waals surface area contributed by atoms with Crippen molar-refractivity contribution in [1.29, 1.82) is 0 Å². The van der Waals surface area contributed by atoms with Gasteiger partial charge in [-0.25, -0.2) is 0 Å². The van der Waals surface area contributed by atoms with Gasteiger partial charge in [0.15, 0.2) is 0 Å². The van der Waals surface area contributed by atoms with Crippen LogP contribution in [0.25, 0.3) is 0 Å². The second-order valence-electron chi connectivity index (χ2n) is 5.71. The van der Waals surface area contributed by atoms with Gasteiger partial charge in [-0.2, -0.15) is 0 Å². The summed E-state index contributed by atoms with van der Waals surface area (Å²) in [4.78, 5) is 1.45. The summed E-state index contributed by atoms with van der Waals surface area (Å²) in [5.74, 6) is 2.37. The summed E-state index contributed by atoms with van der Waals surface area (Å²) in [6, 6.07) is 16.9. The minimum Gasteiger partial charge on any atom is -0.330 e. The molecule has 2 atom stereocenters. The lowest BCUT2D eigenvalue weighted by atomic mass is 9.87. The van der Waals surface area contributed by atoms with E-state index < -0.39 is 0 Å². The van der Waals surface area contributed by atoms with Gasteiger partial charge in [0.2, 0.25) is 0 Å². The van der Waals surface area contributed by atoms with Crippen LogP contribution in [0.15, 0.2) is 53.4 Å². The number of nitrogens with two attached hydrogens (primary N) is 1. The van der Waals surface area contributed by atoms with E-state index in [1.807, 2.05) is 23.9 Å². The largest absolute Gasteiger partial charge is 0.330 e. The maximum absolute atomic E-state index is 6.02. The number of fused-ring (bicyclic) bond motifs is 1. The minimum absolute atomic E-state index is 0.530. The van der Waals surface area contributed by atoms with Crippen molar-refractivity contribution in [3.05, 3.63) is 64.7 Å². The van der Waals surface area contributed by atoms with Gasteiger partial charge in [0, 0.05) is 15.7 Å². The Morgan fingerprint density at radius 3 is 2.67 bits per heavy atom. The van der Waals surface area contributed by atoms with Crippen molar-refractivity contribution < 1.29 is 0 Å². The zero-order valence-electron chi connectivity index (χ0n) is 12.0. The molecule has 1 aliphatic rings. The van der Waals surface area contributed by atoms with E-state index in [1.165, 1.54) is 28.2 Å². The normalized spacial score (nSPS) is 18.5. The first-order valence-corrected chi connectivity index (χ1v) is 8.79. The molecule has 0 saturated carbocycles. The number of thioether (sulfide) groups is 1. The molecule has 1 nitrogen and oxygen atoms in total.